The van der Waals surface area contributed by atoms with E-state index in [0.717, 1.165) is 10.9 Å². The van der Waals surface area contributed by atoms with Crippen molar-refractivity contribution in [2.45, 2.75) is 12.2 Å². The van der Waals surface area contributed by atoms with Crippen molar-refractivity contribution in [1.29, 1.82) is 0 Å². The molecule has 0 aromatic heterocycles. The Morgan fingerprint density at radius 3 is 1.95 bits per heavy atom. The third-order valence-electron chi connectivity index (χ3n) is 3.53. The monoisotopic (exact) mass is 320 g/mol. The van der Waals surface area contributed by atoms with Gasteiger partial charge in [0.2, 0.25) is 0 Å². The topological polar surface area (TPSA) is 0 Å². The van der Waals surface area contributed by atoms with Gasteiger partial charge in [-0.15, -0.1) is 0 Å². The van der Waals surface area contributed by atoms with Crippen molar-refractivity contribution in [3.8, 4) is 11.1 Å². The van der Waals surface area contributed by atoms with Crippen molar-refractivity contribution in [2.75, 3.05) is 0 Å². The van der Waals surface area contributed by atoms with Crippen LogP contribution in [0.25, 0.3) is 16.7 Å². The number of hydrogen-bond donors (Lipinski definition) is 0. The van der Waals surface area contributed by atoms with Gasteiger partial charge >= 0.3 is 0 Å². The van der Waals surface area contributed by atoms with E-state index < -0.39 is 0 Å². The van der Waals surface area contributed by atoms with Gasteiger partial charge in [0.1, 0.15) is 0 Å². The molecule has 3 rings (SSSR count). The molecule has 1 aliphatic carbocycles. The van der Waals surface area contributed by atoms with E-state index in [1.165, 1.54) is 22.3 Å². The Balaban J connectivity index is 1.85. The summed E-state index contributed by atoms with van der Waals surface area (Å²) in [7, 11) is 5.85. The molecule has 0 amide bonds. The minimum absolute atomic E-state index is 0.167. The summed E-state index contributed by atoms with van der Waals surface area (Å²) in [5.74, 6) is 0.167. The molecule has 0 heterocycles. The molecule has 0 bridgehead atoms. The molecule has 2 aromatic rings. The Bertz CT molecular complexity index is 651. The fourth-order valence-corrected chi connectivity index (χ4v) is 2.61. The highest BCUT2D eigenvalue weighted by Crippen LogP contribution is 2.28. The van der Waals surface area contributed by atoms with Crippen LogP contribution in [0.4, 0.5) is 0 Å². The molecule has 0 saturated carbocycles. The van der Waals surface area contributed by atoms with E-state index in [1.54, 1.807) is 0 Å². The summed E-state index contributed by atoms with van der Waals surface area (Å²) < 4.78 is 1.10. The first-order chi connectivity index (χ1) is 9.72. The van der Waals surface area contributed by atoms with Gasteiger partial charge in [0, 0.05) is 4.47 Å². The molecule has 1 aliphatic rings. The average molecular weight is 321 g/mol. The Morgan fingerprint density at radius 1 is 0.850 bits per heavy atom. The van der Waals surface area contributed by atoms with Gasteiger partial charge in [-0.1, -0.05) is 76.4 Å². The molecular formula is C18H14BBr. The van der Waals surface area contributed by atoms with Crippen LogP contribution in [0.3, 0.4) is 0 Å². The van der Waals surface area contributed by atoms with Crippen LogP contribution in [0.15, 0.2) is 71.2 Å². The number of rotatable bonds is 2. The number of benzene rings is 2. The Labute approximate surface area is 129 Å². The molecular weight excluding hydrogens is 307 g/mol. The summed E-state index contributed by atoms with van der Waals surface area (Å²) >= 11 is 3.46. The second-order valence-corrected chi connectivity index (χ2v) is 5.92. The van der Waals surface area contributed by atoms with Gasteiger partial charge in [-0.25, -0.2) is 0 Å². The van der Waals surface area contributed by atoms with Crippen LogP contribution < -0.4 is 0 Å². The third kappa shape index (κ3) is 2.96. The fraction of sp³-hybridized carbons (Fsp3) is 0.111. The highest BCUT2D eigenvalue weighted by atomic mass is 79.9. The molecule has 96 valence electrons. The van der Waals surface area contributed by atoms with E-state index in [1.807, 2.05) is 0 Å². The molecule has 0 saturated heterocycles. The lowest BCUT2D eigenvalue weighted by Gasteiger charge is -2.12. The third-order valence-corrected chi connectivity index (χ3v) is 4.06. The predicted octanol–water partition coefficient (Wildman–Crippen LogP) is 5.42. The number of hydrogen-bond acceptors (Lipinski definition) is 0. The number of allylic oxidation sites excluding steroid dienone is 4. The maximum Gasteiger partial charge on any atom is 0.0759 e. The molecule has 2 aromatic carbocycles. The summed E-state index contributed by atoms with van der Waals surface area (Å²) in [4.78, 5) is 0. The van der Waals surface area contributed by atoms with Gasteiger partial charge in [0.15, 0.2) is 0 Å². The molecule has 0 nitrogen and oxygen atoms in total. The van der Waals surface area contributed by atoms with Gasteiger partial charge in [0.25, 0.3) is 0 Å². The zero-order chi connectivity index (χ0) is 13.9. The first-order valence-corrected chi connectivity index (χ1v) is 7.52. The highest BCUT2D eigenvalue weighted by Gasteiger charge is 2.05. The highest BCUT2D eigenvalue weighted by molar-refractivity contribution is 9.10. The lowest BCUT2D eigenvalue weighted by molar-refractivity contribution is 1.03. The smallest absolute Gasteiger partial charge is 0.0759 e. The van der Waals surface area contributed by atoms with Gasteiger partial charge in [-0.2, -0.15) is 0 Å². The van der Waals surface area contributed by atoms with Crippen molar-refractivity contribution in [2.24, 2.45) is 0 Å². The summed E-state index contributed by atoms with van der Waals surface area (Å²) in [5.41, 5.74) is 4.97. The molecule has 0 aliphatic heterocycles. The van der Waals surface area contributed by atoms with Crippen LogP contribution >= 0.6 is 15.9 Å². The fourth-order valence-electron chi connectivity index (χ4n) is 2.35. The predicted molar refractivity (Wildman–Crippen MR) is 90.8 cm³/mol. The van der Waals surface area contributed by atoms with Crippen LogP contribution in [0, 0.1) is 0 Å². The average Bonchev–Trinajstić information content (AvgIpc) is 2.49. The van der Waals surface area contributed by atoms with Crippen molar-refractivity contribution in [3.63, 3.8) is 0 Å². The lowest BCUT2D eigenvalue weighted by Crippen LogP contribution is -1.93. The molecule has 1 atom stereocenters. The first kappa shape index (κ1) is 13.4. The molecule has 0 N–H and O–H groups in total. The van der Waals surface area contributed by atoms with Gasteiger partial charge < -0.3 is 0 Å². The Kier molecular flexibility index (Phi) is 3.93. The molecule has 0 spiro atoms. The summed E-state index contributed by atoms with van der Waals surface area (Å²) in [6.45, 7) is 0. The van der Waals surface area contributed by atoms with Crippen LogP contribution in [0.1, 0.15) is 12.0 Å². The molecule has 20 heavy (non-hydrogen) atoms. The largest absolute Gasteiger partial charge is 0.0892 e. The maximum absolute atomic E-state index is 5.85. The van der Waals surface area contributed by atoms with E-state index in [0.29, 0.717) is 0 Å². The van der Waals surface area contributed by atoms with Crippen molar-refractivity contribution < 1.29 is 0 Å². The minimum Gasteiger partial charge on any atom is -0.0892 e. The zero-order valence-corrected chi connectivity index (χ0v) is 12.7. The van der Waals surface area contributed by atoms with E-state index in [9.17, 15) is 0 Å². The van der Waals surface area contributed by atoms with E-state index in [4.69, 9.17) is 7.85 Å². The van der Waals surface area contributed by atoms with E-state index in [-0.39, 0.29) is 5.82 Å². The summed E-state index contributed by atoms with van der Waals surface area (Å²) in [5, 5.41) is 0. The van der Waals surface area contributed by atoms with Crippen LogP contribution in [0.2, 0.25) is 5.82 Å². The van der Waals surface area contributed by atoms with Gasteiger partial charge in [-0.05, 0) is 40.8 Å². The Hall–Kier alpha value is -1.54. The summed E-state index contributed by atoms with van der Waals surface area (Å²) in [6, 6.07) is 17.1. The van der Waals surface area contributed by atoms with Crippen LogP contribution in [0.5, 0.6) is 0 Å². The van der Waals surface area contributed by atoms with E-state index >= 15 is 0 Å². The Morgan fingerprint density at radius 2 is 1.40 bits per heavy atom. The molecule has 2 radical (unpaired) electrons. The van der Waals surface area contributed by atoms with Crippen molar-refractivity contribution in [1.82, 2.24) is 0 Å². The molecule has 1 unspecified atom stereocenters. The second-order valence-electron chi connectivity index (χ2n) is 5.00. The second kappa shape index (κ2) is 5.84. The summed E-state index contributed by atoms with van der Waals surface area (Å²) in [6.07, 6.45) is 7.31. The molecule has 2 heteroatoms. The van der Waals surface area contributed by atoms with Crippen molar-refractivity contribution in [3.05, 3.63) is 76.8 Å². The normalized spacial score (nSPS) is 17.9. The van der Waals surface area contributed by atoms with Crippen LogP contribution in [-0.2, 0) is 0 Å². The van der Waals surface area contributed by atoms with Gasteiger partial charge in [0.05, 0.1) is 7.85 Å². The quantitative estimate of drug-likeness (QED) is 0.648. The van der Waals surface area contributed by atoms with Crippen molar-refractivity contribution >= 4 is 29.3 Å². The SMILES string of the molecule is [B]C1C=CC(c2ccc(-c3ccc(Br)cc3)cc2)=CC1. The minimum atomic E-state index is 0.167. The standard InChI is InChI=1S/C18H14BBr/c19-17-9-5-15(6-10-17)13-1-3-14(4-2-13)16-7-11-18(20)12-8-16/h1-9,11-12,17H,10H2. The molecule has 0 fully saturated rings. The lowest BCUT2D eigenvalue weighted by atomic mass is 9.80. The first-order valence-electron chi connectivity index (χ1n) is 6.73. The maximum atomic E-state index is 5.85. The van der Waals surface area contributed by atoms with Gasteiger partial charge in [-0.3, -0.25) is 0 Å². The van der Waals surface area contributed by atoms with Crippen LogP contribution in [-0.4, -0.2) is 7.85 Å². The zero-order valence-electron chi connectivity index (χ0n) is 11.1. The number of halogens is 1. The van der Waals surface area contributed by atoms with E-state index in [2.05, 4.69) is 82.7 Å².